The molecule has 2 amide bonds. The van der Waals surface area contributed by atoms with Crippen molar-refractivity contribution < 1.29 is 14.3 Å². The first-order valence-electron chi connectivity index (χ1n) is 11.4. The Morgan fingerprint density at radius 2 is 2.00 bits per heavy atom. The van der Waals surface area contributed by atoms with Crippen LogP contribution in [0.2, 0.25) is 0 Å². The second kappa shape index (κ2) is 12.6. The highest BCUT2D eigenvalue weighted by Gasteiger charge is 2.12. The standard InChI is InChI=1S/C27H30N4O3S/c1-5-13-34-27(33)28-21-10-8-9-19(15-21)11-12-23-22-17-24(20(6-2)16-25(22)31-30-23)29-26(32)14-18(4)35-7-3/h7-12,15-17H,3-6,13-14H2,1-2H3,(H,28,33)(H,29,32)(H,30,31)/b12-11+. The van der Waals surface area contributed by atoms with Gasteiger partial charge in [0.2, 0.25) is 5.91 Å². The number of aromatic amines is 1. The summed E-state index contributed by atoms with van der Waals surface area (Å²) in [6.45, 7) is 11.9. The van der Waals surface area contributed by atoms with Gasteiger partial charge in [0, 0.05) is 16.8 Å². The third-order valence-corrected chi connectivity index (χ3v) is 5.73. The second-order valence-electron chi connectivity index (χ2n) is 7.79. The average molecular weight is 491 g/mol. The fraction of sp³-hybridized carbons (Fsp3) is 0.222. The number of carbonyl (C=O) groups is 2. The summed E-state index contributed by atoms with van der Waals surface area (Å²) in [5.74, 6) is -0.124. The maximum Gasteiger partial charge on any atom is 0.411 e. The number of aromatic nitrogens is 2. The molecule has 0 aliphatic carbocycles. The molecule has 0 aliphatic rings. The zero-order valence-corrected chi connectivity index (χ0v) is 20.8. The number of aryl methyl sites for hydroxylation is 1. The Kier molecular flexibility index (Phi) is 9.31. The second-order valence-corrected chi connectivity index (χ2v) is 8.93. The minimum Gasteiger partial charge on any atom is -0.449 e. The first-order valence-corrected chi connectivity index (χ1v) is 12.3. The molecule has 0 bridgehead atoms. The third-order valence-electron chi connectivity index (χ3n) is 5.08. The van der Waals surface area contributed by atoms with E-state index >= 15 is 0 Å². The zero-order chi connectivity index (χ0) is 25.2. The molecule has 7 nitrogen and oxygen atoms in total. The molecule has 2 aromatic carbocycles. The molecule has 0 unspecified atom stereocenters. The summed E-state index contributed by atoms with van der Waals surface area (Å²) in [6.07, 6.45) is 5.08. The van der Waals surface area contributed by atoms with Crippen LogP contribution in [0.1, 0.15) is 43.5 Å². The van der Waals surface area contributed by atoms with Crippen molar-refractivity contribution in [1.82, 2.24) is 10.2 Å². The molecule has 182 valence electrons. The molecular formula is C27H30N4O3S. The van der Waals surface area contributed by atoms with Gasteiger partial charge < -0.3 is 10.1 Å². The van der Waals surface area contributed by atoms with E-state index < -0.39 is 6.09 Å². The van der Waals surface area contributed by atoms with E-state index in [1.807, 2.05) is 56.3 Å². The van der Waals surface area contributed by atoms with Crippen LogP contribution in [-0.2, 0) is 16.0 Å². The van der Waals surface area contributed by atoms with Crippen molar-refractivity contribution in [3.63, 3.8) is 0 Å². The van der Waals surface area contributed by atoms with Crippen LogP contribution < -0.4 is 10.6 Å². The molecular weight excluding hydrogens is 460 g/mol. The molecule has 0 atom stereocenters. The molecule has 0 radical (unpaired) electrons. The third kappa shape index (κ3) is 7.35. The number of hydrogen-bond donors (Lipinski definition) is 3. The van der Waals surface area contributed by atoms with Crippen molar-refractivity contribution in [1.29, 1.82) is 0 Å². The number of ether oxygens (including phenoxy) is 1. The number of nitrogens with zero attached hydrogens (tertiary/aromatic N) is 1. The number of rotatable bonds is 11. The van der Waals surface area contributed by atoms with Crippen LogP contribution in [0.15, 0.2) is 59.9 Å². The minimum atomic E-state index is -0.473. The first-order chi connectivity index (χ1) is 16.9. The quantitative estimate of drug-likeness (QED) is 0.270. The van der Waals surface area contributed by atoms with Crippen molar-refractivity contribution in [3.8, 4) is 0 Å². The van der Waals surface area contributed by atoms with Gasteiger partial charge in [-0.2, -0.15) is 5.10 Å². The molecule has 0 saturated heterocycles. The minimum absolute atomic E-state index is 0.124. The van der Waals surface area contributed by atoms with Gasteiger partial charge in [0.05, 0.1) is 24.2 Å². The summed E-state index contributed by atoms with van der Waals surface area (Å²) >= 11 is 1.35. The molecule has 0 aliphatic heterocycles. The average Bonchev–Trinajstić information content (AvgIpc) is 3.22. The fourth-order valence-electron chi connectivity index (χ4n) is 3.44. The van der Waals surface area contributed by atoms with Crippen LogP contribution in [0.4, 0.5) is 16.2 Å². The first kappa shape index (κ1) is 25.8. The van der Waals surface area contributed by atoms with Gasteiger partial charge in [-0.15, -0.1) is 11.8 Å². The van der Waals surface area contributed by atoms with Crippen molar-refractivity contribution in [2.45, 2.75) is 33.1 Å². The summed E-state index contributed by atoms with van der Waals surface area (Å²) in [7, 11) is 0. The van der Waals surface area contributed by atoms with Crippen LogP contribution in [0.5, 0.6) is 0 Å². The van der Waals surface area contributed by atoms with Gasteiger partial charge in [-0.25, -0.2) is 4.79 Å². The van der Waals surface area contributed by atoms with Gasteiger partial charge in [0.1, 0.15) is 0 Å². The van der Waals surface area contributed by atoms with Crippen LogP contribution in [-0.4, -0.2) is 28.8 Å². The van der Waals surface area contributed by atoms with E-state index in [-0.39, 0.29) is 12.3 Å². The number of hydrogen-bond acceptors (Lipinski definition) is 5. The molecule has 0 saturated carbocycles. The zero-order valence-electron chi connectivity index (χ0n) is 20.0. The maximum atomic E-state index is 12.5. The number of nitrogens with one attached hydrogen (secondary N) is 3. The molecule has 3 rings (SSSR count). The number of anilines is 2. The fourth-order valence-corrected chi connectivity index (χ4v) is 3.89. The summed E-state index contributed by atoms with van der Waals surface area (Å²) in [5, 5.41) is 15.8. The van der Waals surface area contributed by atoms with Crippen molar-refractivity contribution in [3.05, 3.63) is 76.7 Å². The number of amides is 2. The van der Waals surface area contributed by atoms with E-state index in [2.05, 4.69) is 34.0 Å². The maximum absolute atomic E-state index is 12.5. The summed E-state index contributed by atoms with van der Waals surface area (Å²) in [5.41, 5.74) is 4.95. The summed E-state index contributed by atoms with van der Waals surface area (Å²) < 4.78 is 5.07. The predicted octanol–water partition coefficient (Wildman–Crippen LogP) is 6.97. The monoisotopic (exact) mass is 490 g/mol. The molecule has 3 N–H and O–H groups in total. The lowest BCUT2D eigenvalue weighted by molar-refractivity contribution is -0.115. The molecule has 0 fully saturated rings. The topological polar surface area (TPSA) is 96.1 Å². The van der Waals surface area contributed by atoms with Crippen molar-refractivity contribution in [2.75, 3.05) is 17.2 Å². The SMILES string of the molecule is C=CSC(=C)CC(=O)Nc1cc2c(/C=C/c3cccc(NC(=O)OCCC)c3)n[nH]c2cc1CC. The van der Waals surface area contributed by atoms with Crippen LogP contribution in [0.3, 0.4) is 0 Å². The van der Waals surface area contributed by atoms with Crippen molar-refractivity contribution in [2.24, 2.45) is 0 Å². The van der Waals surface area contributed by atoms with E-state index in [4.69, 9.17) is 4.74 Å². The van der Waals surface area contributed by atoms with Crippen LogP contribution in [0, 0.1) is 0 Å². The molecule has 1 heterocycles. The van der Waals surface area contributed by atoms with Gasteiger partial charge in [0.15, 0.2) is 0 Å². The van der Waals surface area contributed by atoms with Gasteiger partial charge in [-0.1, -0.05) is 45.2 Å². The van der Waals surface area contributed by atoms with E-state index in [0.717, 1.165) is 51.2 Å². The number of benzene rings is 2. The highest BCUT2D eigenvalue weighted by molar-refractivity contribution is 8.05. The molecule has 1 aromatic heterocycles. The lowest BCUT2D eigenvalue weighted by Gasteiger charge is -2.11. The largest absolute Gasteiger partial charge is 0.449 e. The predicted molar refractivity (Wildman–Crippen MR) is 146 cm³/mol. The molecule has 3 aromatic rings. The van der Waals surface area contributed by atoms with Crippen LogP contribution in [0.25, 0.3) is 23.1 Å². The Morgan fingerprint density at radius 1 is 1.17 bits per heavy atom. The lowest BCUT2D eigenvalue weighted by atomic mass is 10.1. The highest BCUT2D eigenvalue weighted by atomic mass is 32.2. The van der Waals surface area contributed by atoms with E-state index in [9.17, 15) is 9.59 Å². The Balaban J connectivity index is 1.80. The summed E-state index contributed by atoms with van der Waals surface area (Å²) in [6, 6.07) is 11.4. The van der Waals surface area contributed by atoms with Gasteiger partial charge >= 0.3 is 6.09 Å². The Bertz CT molecular complexity index is 1260. The number of fused-ring (bicyclic) bond motifs is 1. The summed E-state index contributed by atoms with van der Waals surface area (Å²) in [4.78, 5) is 25.1. The number of carbonyl (C=O) groups excluding carboxylic acids is 2. The van der Waals surface area contributed by atoms with E-state index in [1.54, 1.807) is 11.5 Å². The lowest BCUT2D eigenvalue weighted by Crippen LogP contribution is -2.13. The Hall–Kier alpha value is -3.78. The Labute approximate surface area is 209 Å². The van der Waals surface area contributed by atoms with E-state index in [1.165, 1.54) is 11.8 Å². The van der Waals surface area contributed by atoms with Gasteiger partial charge in [-0.3, -0.25) is 15.2 Å². The molecule has 0 spiro atoms. The molecule has 35 heavy (non-hydrogen) atoms. The van der Waals surface area contributed by atoms with Crippen LogP contribution >= 0.6 is 11.8 Å². The van der Waals surface area contributed by atoms with Gasteiger partial charge in [0.25, 0.3) is 0 Å². The number of thioether (sulfide) groups is 1. The van der Waals surface area contributed by atoms with Gasteiger partial charge in [-0.05, 0) is 64.6 Å². The van der Waals surface area contributed by atoms with E-state index in [0.29, 0.717) is 12.3 Å². The number of H-pyrrole nitrogens is 1. The Morgan fingerprint density at radius 3 is 2.74 bits per heavy atom. The smallest absolute Gasteiger partial charge is 0.411 e. The normalized spacial score (nSPS) is 10.9. The molecule has 8 heteroatoms. The highest BCUT2D eigenvalue weighted by Crippen LogP contribution is 2.28. The van der Waals surface area contributed by atoms with Crippen molar-refractivity contribution >= 4 is 58.2 Å².